The number of hydrogen-bond acceptors (Lipinski definition) is 4. The van der Waals surface area contributed by atoms with E-state index in [1.807, 2.05) is 0 Å². The summed E-state index contributed by atoms with van der Waals surface area (Å²) in [5.74, 6) is -0.825. The molecule has 6 heteroatoms. The average Bonchev–Trinajstić information content (AvgIpc) is 3.07. The molecule has 0 saturated heterocycles. The standard InChI is InChI=1S/C20H13ClFNO3/c1-2-25-20(24)18-10-17(14-7-15(21)9-16(22)8-14)19(26-18)13-5-3-4-12(6-13)11-23/h3-10H,2H2,1H3. The lowest BCUT2D eigenvalue weighted by Gasteiger charge is -2.05. The summed E-state index contributed by atoms with van der Waals surface area (Å²) < 4.78 is 24.5. The molecule has 3 aromatic rings. The van der Waals surface area contributed by atoms with Crippen molar-refractivity contribution in [3.63, 3.8) is 0 Å². The van der Waals surface area contributed by atoms with Gasteiger partial charge in [-0.2, -0.15) is 5.26 Å². The largest absolute Gasteiger partial charge is 0.460 e. The lowest BCUT2D eigenvalue weighted by molar-refractivity contribution is 0.0491. The van der Waals surface area contributed by atoms with Crippen molar-refractivity contribution in [3.05, 3.63) is 70.7 Å². The maximum absolute atomic E-state index is 13.8. The predicted octanol–water partition coefficient (Wildman–Crippen LogP) is 5.45. The van der Waals surface area contributed by atoms with Gasteiger partial charge in [-0.1, -0.05) is 23.7 Å². The Balaban J connectivity index is 2.21. The van der Waals surface area contributed by atoms with E-state index in [4.69, 9.17) is 26.0 Å². The van der Waals surface area contributed by atoms with E-state index in [1.54, 1.807) is 37.3 Å². The van der Waals surface area contributed by atoms with Gasteiger partial charge in [0.1, 0.15) is 11.6 Å². The highest BCUT2D eigenvalue weighted by atomic mass is 35.5. The summed E-state index contributed by atoms with van der Waals surface area (Å²) in [4.78, 5) is 12.1. The average molecular weight is 370 g/mol. The van der Waals surface area contributed by atoms with Crippen molar-refractivity contribution in [3.8, 4) is 28.5 Å². The first-order valence-electron chi connectivity index (χ1n) is 7.79. The van der Waals surface area contributed by atoms with Gasteiger partial charge >= 0.3 is 5.97 Å². The molecule has 4 nitrogen and oxygen atoms in total. The van der Waals surface area contributed by atoms with E-state index in [0.717, 1.165) is 0 Å². The number of nitrogens with zero attached hydrogens (tertiary/aromatic N) is 1. The second kappa shape index (κ2) is 7.42. The van der Waals surface area contributed by atoms with Crippen LogP contribution in [0.15, 0.2) is 52.9 Å². The number of esters is 1. The molecule has 0 saturated carbocycles. The second-order valence-corrected chi connectivity index (χ2v) is 5.86. The molecule has 0 unspecified atom stereocenters. The molecule has 0 aliphatic carbocycles. The fraction of sp³-hybridized carbons (Fsp3) is 0.100. The first-order chi connectivity index (χ1) is 12.5. The minimum absolute atomic E-state index is 0.0143. The van der Waals surface area contributed by atoms with Crippen LogP contribution in [0.3, 0.4) is 0 Å². The number of benzene rings is 2. The molecule has 0 bridgehead atoms. The van der Waals surface area contributed by atoms with Crippen molar-refractivity contribution in [2.75, 3.05) is 6.61 Å². The highest BCUT2D eigenvalue weighted by Crippen LogP contribution is 2.37. The van der Waals surface area contributed by atoms with Gasteiger partial charge in [-0.15, -0.1) is 0 Å². The third-order valence-corrected chi connectivity index (χ3v) is 3.85. The van der Waals surface area contributed by atoms with Crippen molar-refractivity contribution in [1.82, 2.24) is 0 Å². The van der Waals surface area contributed by atoms with E-state index < -0.39 is 11.8 Å². The van der Waals surface area contributed by atoms with Crippen molar-refractivity contribution in [2.24, 2.45) is 0 Å². The molecule has 3 rings (SSSR count). The number of ether oxygens (including phenoxy) is 1. The van der Waals surface area contributed by atoms with Crippen molar-refractivity contribution in [1.29, 1.82) is 5.26 Å². The van der Waals surface area contributed by atoms with Crippen LogP contribution < -0.4 is 0 Å². The maximum atomic E-state index is 13.8. The molecule has 0 spiro atoms. The van der Waals surface area contributed by atoms with Crippen LogP contribution in [0, 0.1) is 17.1 Å². The molecule has 0 atom stereocenters. The molecular formula is C20H13ClFNO3. The van der Waals surface area contributed by atoms with E-state index in [-0.39, 0.29) is 17.4 Å². The number of halogens is 2. The molecule has 130 valence electrons. The van der Waals surface area contributed by atoms with Gasteiger partial charge in [0.25, 0.3) is 0 Å². The van der Waals surface area contributed by atoms with Crippen molar-refractivity contribution >= 4 is 17.6 Å². The fourth-order valence-corrected chi connectivity index (χ4v) is 2.78. The topological polar surface area (TPSA) is 63.2 Å². The van der Waals surface area contributed by atoms with E-state index in [2.05, 4.69) is 6.07 Å². The summed E-state index contributed by atoms with van der Waals surface area (Å²) in [6, 6.07) is 14.3. The molecule has 2 aromatic carbocycles. The zero-order valence-corrected chi connectivity index (χ0v) is 14.5. The minimum atomic E-state index is -0.626. The van der Waals surface area contributed by atoms with Gasteiger partial charge in [-0.05, 0) is 48.9 Å². The minimum Gasteiger partial charge on any atom is -0.460 e. The molecular weight excluding hydrogens is 357 g/mol. The van der Waals surface area contributed by atoms with Gasteiger partial charge in [0.05, 0.1) is 18.2 Å². The first-order valence-corrected chi connectivity index (χ1v) is 8.17. The van der Waals surface area contributed by atoms with Crippen LogP contribution >= 0.6 is 11.6 Å². The lowest BCUT2D eigenvalue weighted by atomic mass is 10.0. The van der Waals surface area contributed by atoms with E-state index in [1.165, 1.54) is 18.2 Å². The van der Waals surface area contributed by atoms with Gasteiger partial charge in [-0.25, -0.2) is 9.18 Å². The molecule has 0 radical (unpaired) electrons. The number of rotatable bonds is 4. The summed E-state index contributed by atoms with van der Waals surface area (Å²) in [7, 11) is 0. The zero-order valence-electron chi connectivity index (χ0n) is 13.8. The maximum Gasteiger partial charge on any atom is 0.374 e. The second-order valence-electron chi connectivity index (χ2n) is 5.42. The summed E-state index contributed by atoms with van der Waals surface area (Å²) in [5.41, 5.74) is 1.94. The highest BCUT2D eigenvalue weighted by Gasteiger charge is 2.21. The molecule has 0 amide bonds. The molecule has 1 aromatic heterocycles. The Bertz CT molecular complexity index is 1000. The summed E-state index contributed by atoms with van der Waals surface area (Å²) in [5, 5.41) is 9.33. The van der Waals surface area contributed by atoms with E-state index in [0.29, 0.717) is 28.0 Å². The van der Waals surface area contributed by atoms with Crippen LogP contribution in [-0.4, -0.2) is 12.6 Å². The Morgan fingerprint density at radius 3 is 2.73 bits per heavy atom. The SMILES string of the molecule is CCOC(=O)c1cc(-c2cc(F)cc(Cl)c2)c(-c2cccc(C#N)c2)o1. The fourth-order valence-electron chi connectivity index (χ4n) is 2.56. The number of carbonyl (C=O) groups is 1. The third-order valence-electron chi connectivity index (χ3n) is 3.64. The Kier molecular flexibility index (Phi) is 5.06. The van der Waals surface area contributed by atoms with Gasteiger partial charge < -0.3 is 9.15 Å². The van der Waals surface area contributed by atoms with Crippen molar-refractivity contribution in [2.45, 2.75) is 6.92 Å². The molecule has 0 N–H and O–H groups in total. The van der Waals surface area contributed by atoms with Crippen LogP contribution in [-0.2, 0) is 4.74 Å². The number of carbonyl (C=O) groups excluding carboxylic acids is 1. The van der Waals surface area contributed by atoms with E-state index >= 15 is 0 Å². The van der Waals surface area contributed by atoms with Crippen LogP contribution in [0.2, 0.25) is 5.02 Å². The van der Waals surface area contributed by atoms with E-state index in [9.17, 15) is 9.18 Å². The van der Waals surface area contributed by atoms with Gasteiger partial charge in [-0.3, -0.25) is 0 Å². The van der Waals surface area contributed by atoms with Crippen LogP contribution in [0.4, 0.5) is 4.39 Å². The van der Waals surface area contributed by atoms with Crippen LogP contribution in [0.1, 0.15) is 23.0 Å². The molecule has 0 fully saturated rings. The first kappa shape index (κ1) is 17.7. The van der Waals surface area contributed by atoms with Crippen LogP contribution in [0.5, 0.6) is 0 Å². The molecule has 1 heterocycles. The number of furan rings is 1. The van der Waals surface area contributed by atoms with Gasteiger partial charge in [0.2, 0.25) is 5.76 Å². The monoisotopic (exact) mass is 369 g/mol. The van der Waals surface area contributed by atoms with Crippen LogP contribution in [0.25, 0.3) is 22.5 Å². The normalized spacial score (nSPS) is 10.4. The molecule has 0 aliphatic rings. The number of nitriles is 1. The Labute approximate surface area is 154 Å². The molecule has 26 heavy (non-hydrogen) atoms. The Morgan fingerprint density at radius 2 is 2.04 bits per heavy atom. The highest BCUT2D eigenvalue weighted by molar-refractivity contribution is 6.30. The summed E-state index contributed by atoms with van der Waals surface area (Å²) in [6.45, 7) is 1.88. The lowest BCUT2D eigenvalue weighted by Crippen LogP contribution is -2.02. The number of hydrogen-bond donors (Lipinski definition) is 0. The Morgan fingerprint density at radius 1 is 1.23 bits per heavy atom. The zero-order chi connectivity index (χ0) is 18.7. The van der Waals surface area contributed by atoms with Crippen molar-refractivity contribution < 1.29 is 18.3 Å². The Hall–Kier alpha value is -3.10. The molecule has 0 aliphatic heterocycles. The smallest absolute Gasteiger partial charge is 0.374 e. The van der Waals surface area contributed by atoms with Gasteiger partial charge in [0.15, 0.2) is 0 Å². The summed E-state index contributed by atoms with van der Waals surface area (Å²) in [6.07, 6.45) is 0. The third kappa shape index (κ3) is 3.61. The van der Waals surface area contributed by atoms with Gasteiger partial charge in [0, 0.05) is 16.1 Å². The summed E-state index contributed by atoms with van der Waals surface area (Å²) >= 11 is 5.96. The quantitative estimate of drug-likeness (QED) is 0.573. The predicted molar refractivity (Wildman–Crippen MR) is 95.2 cm³/mol.